The van der Waals surface area contributed by atoms with Crippen LogP contribution >= 0.6 is 11.8 Å². The number of nitrogens with zero attached hydrogens (tertiary/aromatic N) is 1. The zero-order chi connectivity index (χ0) is 15.2. The fourth-order valence-electron chi connectivity index (χ4n) is 2.07. The van der Waals surface area contributed by atoms with Crippen molar-refractivity contribution < 1.29 is 14.3 Å². The van der Waals surface area contributed by atoms with Crippen molar-refractivity contribution >= 4 is 23.8 Å². The molecule has 1 aliphatic heterocycles. The van der Waals surface area contributed by atoms with Gasteiger partial charge in [0.15, 0.2) is 0 Å². The molecule has 6 heteroatoms. The largest absolute Gasteiger partial charge is 0.444 e. The molecule has 0 aromatic carbocycles. The van der Waals surface area contributed by atoms with E-state index in [0.29, 0.717) is 32.5 Å². The minimum Gasteiger partial charge on any atom is -0.444 e. The van der Waals surface area contributed by atoms with Crippen LogP contribution in [0.5, 0.6) is 0 Å². The number of amides is 2. The predicted octanol–water partition coefficient (Wildman–Crippen LogP) is 2.11. The Morgan fingerprint density at radius 2 is 1.90 bits per heavy atom. The van der Waals surface area contributed by atoms with E-state index in [2.05, 4.69) is 5.32 Å². The second-order valence-electron chi connectivity index (χ2n) is 6.03. The maximum Gasteiger partial charge on any atom is 0.410 e. The van der Waals surface area contributed by atoms with E-state index in [-0.39, 0.29) is 17.9 Å². The molecule has 0 aromatic rings. The third kappa shape index (κ3) is 6.03. The van der Waals surface area contributed by atoms with Crippen molar-refractivity contribution in [2.75, 3.05) is 31.6 Å². The van der Waals surface area contributed by atoms with Crippen molar-refractivity contribution in [1.29, 1.82) is 0 Å². The maximum absolute atomic E-state index is 11.9. The fourth-order valence-corrected chi connectivity index (χ4v) is 2.38. The number of piperidine rings is 1. The first-order chi connectivity index (χ1) is 9.33. The molecule has 0 atom stereocenters. The molecule has 0 unspecified atom stereocenters. The molecule has 1 saturated heterocycles. The summed E-state index contributed by atoms with van der Waals surface area (Å²) >= 11 is 1.72. The standard InChI is InChI=1S/C14H26N2O3S/c1-14(2,3)19-13(18)16-8-5-11(6-9-16)12(17)15-7-10-20-4/h11H,5-10H2,1-4H3,(H,15,17). The van der Waals surface area contributed by atoms with Crippen molar-refractivity contribution in [3.8, 4) is 0 Å². The van der Waals surface area contributed by atoms with Gasteiger partial charge in [-0.25, -0.2) is 4.79 Å². The number of likely N-dealkylation sites (tertiary alicyclic amines) is 1. The van der Waals surface area contributed by atoms with Crippen LogP contribution in [0, 0.1) is 5.92 Å². The van der Waals surface area contributed by atoms with Gasteiger partial charge in [0, 0.05) is 31.3 Å². The van der Waals surface area contributed by atoms with Gasteiger partial charge in [0.05, 0.1) is 0 Å². The normalized spacial score (nSPS) is 16.9. The zero-order valence-corrected chi connectivity index (χ0v) is 13.7. The Hall–Kier alpha value is -0.910. The monoisotopic (exact) mass is 302 g/mol. The number of hydrogen-bond acceptors (Lipinski definition) is 4. The molecule has 2 amide bonds. The van der Waals surface area contributed by atoms with Crippen LogP contribution < -0.4 is 5.32 Å². The van der Waals surface area contributed by atoms with Crippen molar-refractivity contribution in [3.63, 3.8) is 0 Å². The molecule has 1 N–H and O–H groups in total. The Balaban J connectivity index is 2.32. The number of carbonyl (C=O) groups is 2. The lowest BCUT2D eigenvalue weighted by molar-refractivity contribution is -0.126. The molecule has 0 saturated carbocycles. The highest BCUT2D eigenvalue weighted by molar-refractivity contribution is 7.98. The van der Waals surface area contributed by atoms with Crippen LogP contribution in [0.15, 0.2) is 0 Å². The lowest BCUT2D eigenvalue weighted by Gasteiger charge is -2.32. The second-order valence-corrected chi connectivity index (χ2v) is 7.01. The minimum absolute atomic E-state index is 0.0237. The molecule has 0 bridgehead atoms. The maximum atomic E-state index is 11.9. The van der Waals surface area contributed by atoms with Crippen LogP contribution in [0.3, 0.4) is 0 Å². The van der Waals surface area contributed by atoms with E-state index in [4.69, 9.17) is 4.74 Å². The van der Waals surface area contributed by atoms with E-state index in [1.807, 2.05) is 27.0 Å². The summed E-state index contributed by atoms with van der Waals surface area (Å²) in [6.07, 6.45) is 3.17. The van der Waals surface area contributed by atoms with Gasteiger partial charge in [-0.3, -0.25) is 4.79 Å². The highest BCUT2D eigenvalue weighted by atomic mass is 32.2. The molecular weight excluding hydrogens is 276 g/mol. The number of nitrogens with one attached hydrogen (secondary N) is 1. The molecule has 116 valence electrons. The quantitative estimate of drug-likeness (QED) is 0.808. The Kier molecular flexibility index (Phi) is 6.65. The number of rotatable bonds is 4. The van der Waals surface area contributed by atoms with Gasteiger partial charge in [0.25, 0.3) is 0 Å². The van der Waals surface area contributed by atoms with Gasteiger partial charge in [-0.1, -0.05) is 0 Å². The van der Waals surface area contributed by atoms with Gasteiger partial charge in [0.2, 0.25) is 5.91 Å². The molecule has 1 aliphatic rings. The van der Waals surface area contributed by atoms with Crippen LogP contribution in [0.2, 0.25) is 0 Å². The van der Waals surface area contributed by atoms with Crippen LogP contribution in [0.25, 0.3) is 0 Å². The highest BCUT2D eigenvalue weighted by Crippen LogP contribution is 2.19. The fraction of sp³-hybridized carbons (Fsp3) is 0.857. The summed E-state index contributed by atoms with van der Waals surface area (Å²) in [5.41, 5.74) is -0.469. The van der Waals surface area contributed by atoms with E-state index >= 15 is 0 Å². The van der Waals surface area contributed by atoms with Crippen LogP contribution in [-0.2, 0) is 9.53 Å². The molecule has 0 aromatic heterocycles. The lowest BCUT2D eigenvalue weighted by atomic mass is 9.96. The Morgan fingerprint density at radius 3 is 2.40 bits per heavy atom. The molecule has 0 aliphatic carbocycles. The van der Waals surface area contributed by atoms with Gasteiger partial charge in [-0.05, 0) is 39.9 Å². The SMILES string of the molecule is CSCCNC(=O)C1CCN(C(=O)OC(C)(C)C)CC1. The first-order valence-corrected chi connectivity index (χ1v) is 8.47. The van der Waals surface area contributed by atoms with Gasteiger partial charge in [-0.2, -0.15) is 11.8 Å². The summed E-state index contributed by atoms with van der Waals surface area (Å²) in [6, 6.07) is 0. The van der Waals surface area contributed by atoms with Crippen LogP contribution in [0.1, 0.15) is 33.6 Å². The molecule has 5 nitrogen and oxygen atoms in total. The Morgan fingerprint density at radius 1 is 1.30 bits per heavy atom. The van der Waals surface area contributed by atoms with Gasteiger partial charge >= 0.3 is 6.09 Å². The summed E-state index contributed by atoms with van der Waals surface area (Å²) in [5.74, 6) is 1.07. The Labute approximate surface area is 125 Å². The number of carbonyl (C=O) groups excluding carboxylic acids is 2. The predicted molar refractivity (Wildman–Crippen MR) is 81.9 cm³/mol. The van der Waals surface area contributed by atoms with Crippen LogP contribution in [0.4, 0.5) is 4.79 Å². The lowest BCUT2D eigenvalue weighted by Crippen LogP contribution is -2.45. The van der Waals surface area contributed by atoms with Gasteiger partial charge < -0.3 is 15.0 Å². The minimum atomic E-state index is -0.469. The average molecular weight is 302 g/mol. The second kappa shape index (κ2) is 7.76. The highest BCUT2D eigenvalue weighted by Gasteiger charge is 2.29. The van der Waals surface area contributed by atoms with Crippen molar-refractivity contribution in [1.82, 2.24) is 10.2 Å². The van der Waals surface area contributed by atoms with Gasteiger partial charge in [-0.15, -0.1) is 0 Å². The molecular formula is C14H26N2O3S. The summed E-state index contributed by atoms with van der Waals surface area (Å²) < 4.78 is 5.34. The van der Waals surface area contributed by atoms with Crippen molar-refractivity contribution in [2.24, 2.45) is 5.92 Å². The zero-order valence-electron chi connectivity index (χ0n) is 12.9. The van der Waals surface area contributed by atoms with E-state index in [9.17, 15) is 9.59 Å². The molecule has 1 heterocycles. The van der Waals surface area contributed by atoms with E-state index in [0.717, 1.165) is 5.75 Å². The third-order valence-electron chi connectivity index (χ3n) is 3.12. The summed E-state index contributed by atoms with van der Waals surface area (Å²) in [4.78, 5) is 25.5. The smallest absolute Gasteiger partial charge is 0.410 e. The molecule has 20 heavy (non-hydrogen) atoms. The van der Waals surface area contributed by atoms with E-state index in [1.165, 1.54) is 0 Å². The average Bonchev–Trinajstić information content (AvgIpc) is 2.37. The van der Waals surface area contributed by atoms with Crippen molar-refractivity contribution in [2.45, 2.75) is 39.2 Å². The van der Waals surface area contributed by atoms with Gasteiger partial charge in [0.1, 0.15) is 5.60 Å². The van der Waals surface area contributed by atoms with E-state index in [1.54, 1.807) is 16.7 Å². The topological polar surface area (TPSA) is 58.6 Å². The summed E-state index contributed by atoms with van der Waals surface area (Å²) in [6.45, 7) is 7.47. The third-order valence-corrected chi connectivity index (χ3v) is 3.74. The van der Waals surface area contributed by atoms with Crippen LogP contribution in [-0.4, -0.2) is 54.1 Å². The van der Waals surface area contributed by atoms with E-state index < -0.39 is 5.60 Å². The molecule has 0 radical (unpaired) electrons. The molecule has 1 rings (SSSR count). The molecule has 0 spiro atoms. The molecule has 1 fully saturated rings. The first-order valence-electron chi connectivity index (χ1n) is 7.08. The Bertz CT molecular complexity index is 334. The first kappa shape index (κ1) is 17.1. The number of thioether (sulfide) groups is 1. The number of hydrogen-bond donors (Lipinski definition) is 1. The number of ether oxygens (including phenoxy) is 1. The van der Waals surface area contributed by atoms with Crippen molar-refractivity contribution in [3.05, 3.63) is 0 Å². The summed E-state index contributed by atoms with van der Waals surface area (Å²) in [5, 5.41) is 2.94. The summed E-state index contributed by atoms with van der Waals surface area (Å²) in [7, 11) is 0.